The molecule has 0 radical (unpaired) electrons. The van der Waals surface area contributed by atoms with E-state index in [1.165, 1.54) is 0 Å². The Labute approximate surface area is 119 Å². The molecule has 4 heteroatoms. The number of carbonyl (C=O) groups is 2. The summed E-state index contributed by atoms with van der Waals surface area (Å²) in [6.07, 6.45) is 2.83. The van der Waals surface area contributed by atoms with E-state index >= 15 is 0 Å². The van der Waals surface area contributed by atoms with Gasteiger partial charge < -0.3 is 9.47 Å². The molecule has 0 heterocycles. The summed E-state index contributed by atoms with van der Waals surface area (Å²) in [5.41, 5.74) is 0. The van der Waals surface area contributed by atoms with E-state index in [4.69, 9.17) is 9.47 Å². The van der Waals surface area contributed by atoms with Crippen molar-refractivity contribution in [1.82, 2.24) is 0 Å². The largest absolute Gasteiger partial charge is 0.487 e. The van der Waals surface area contributed by atoms with Crippen molar-refractivity contribution in [2.45, 2.75) is 45.6 Å². The molecule has 1 saturated carbocycles. The second kappa shape index (κ2) is 6.55. The molecule has 20 heavy (non-hydrogen) atoms. The van der Waals surface area contributed by atoms with Crippen LogP contribution < -0.4 is 9.47 Å². The minimum Gasteiger partial charge on any atom is -0.487 e. The third-order valence-electron chi connectivity index (χ3n) is 3.26. The predicted octanol–water partition coefficient (Wildman–Crippen LogP) is 3.14. The molecule has 108 valence electrons. The van der Waals surface area contributed by atoms with Gasteiger partial charge in [0.1, 0.15) is 11.7 Å². The molecule has 0 bridgehead atoms. The molecule has 0 aromatic heterocycles. The standard InChI is InChI=1S/C16H20O4/c1-11(2)19-14-9-5-6-10-15(14)20-16(18)12-7-3-4-8-13(12)17/h5-6,9-12H,3-4,7-8H2,1-2H3. The number of para-hydroxylation sites is 2. The summed E-state index contributed by atoms with van der Waals surface area (Å²) >= 11 is 0. The van der Waals surface area contributed by atoms with Gasteiger partial charge in [0.25, 0.3) is 0 Å². The van der Waals surface area contributed by atoms with Crippen LogP contribution in [0.25, 0.3) is 0 Å². The summed E-state index contributed by atoms with van der Waals surface area (Å²) in [4.78, 5) is 23.9. The lowest BCUT2D eigenvalue weighted by molar-refractivity contribution is -0.145. The van der Waals surface area contributed by atoms with Crippen LogP contribution in [-0.2, 0) is 9.59 Å². The Hall–Kier alpha value is -1.84. The lowest BCUT2D eigenvalue weighted by Crippen LogP contribution is -2.30. The average molecular weight is 276 g/mol. The lowest BCUT2D eigenvalue weighted by Gasteiger charge is -2.20. The van der Waals surface area contributed by atoms with Gasteiger partial charge in [-0.2, -0.15) is 0 Å². The molecule has 0 N–H and O–H groups in total. The molecule has 1 atom stereocenters. The third kappa shape index (κ3) is 3.59. The first-order valence-corrected chi connectivity index (χ1v) is 7.08. The SMILES string of the molecule is CC(C)Oc1ccccc1OC(=O)C1CCCCC1=O. The van der Waals surface area contributed by atoms with E-state index in [9.17, 15) is 9.59 Å². The van der Waals surface area contributed by atoms with Crippen LogP contribution in [0, 0.1) is 5.92 Å². The molecule has 1 aliphatic carbocycles. The van der Waals surface area contributed by atoms with Crippen molar-refractivity contribution in [2.75, 3.05) is 0 Å². The highest BCUT2D eigenvalue weighted by atomic mass is 16.6. The van der Waals surface area contributed by atoms with Crippen LogP contribution in [0.3, 0.4) is 0 Å². The number of benzene rings is 1. The van der Waals surface area contributed by atoms with Crippen molar-refractivity contribution in [3.63, 3.8) is 0 Å². The van der Waals surface area contributed by atoms with Gasteiger partial charge in [-0.05, 0) is 38.8 Å². The zero-order valence-corrected chi connectivity index (χ0v) is 11.9. The van der Waals surface area contributed by atoms with E-state index < -0.39 is 11.9 Å². The Morgan fingerprint density at radius 1 is 1.20 bits per heavy atom. The first-order chi connectivity index (χ1) is 9.58. The topological polar surface area (TPSA) is 52.6 Å². The fourth-order valence-electron chi connectivity index (χ4n) is 2.30. The van der Waals surface area contributed by atoms with Gasteiger partial charge in [-0.1, -0.05) is 18.6 Å². The molecule has 1 aromatic carbocycles. The number of carbonyl (C=O) groups excluding carboxylic acids is 2. The number of Topliss-reactive ketones (excluding diaryl/α,β-unsaturated/α-hetero) is 1. The van der Waals surface area contributed by atoms with Crippen LogP contribution in [0.2, 0.25) is 0 Å². The Morgan fingerprint density at radius 3 is 2.55 bits per heavy atom. The van der Waals surface area contributed by atoms with Gasteiger partial charge in [-0.15, -0.1) is 0 Å². The summed E-state index contributed by atoms with van der Waals surface area (Å²) < 4.78 is 11.0. The van der Waals surface area contributed by atoms with Crippen molar-refractivity contribution in [3.05, 3.63) is 24.3 Å². The highest BCUT2D eigenvalue weighted by Gasteiger charge is 2.31. The van der Waals surface area contributed by atoms with Crippen LogP contribution >= 0.6 is 0 Å². The summed E-state index contributed by atoms with van der Waals surface area (Å²) in [7, 11) is 0. The Kier molecular flexibility index (Phi) is 4.77. The normalized spacial score (nSPS) is 18.9. The van der Waals surface area contributed by atoms with Crippen LogP contribution in [0.5, 0.6) is 11.5 Å². The van der Waals surface area contributed by atoms with Gasteiger partial charge in [0.05, 0.1) is 6.10 Å². The van der Waals surface area contributed by atoms with Crippen LogP contribution in [-0.4, -0.2) is 17.9 Å². The first-order valence-electron chi connectivity index (χ1n) is 7.08. The number of ketones is 1. The van der Waals surface area contributed by atoms with Gasteiger partial charge in [0.15, 0.2) is 11.5 Å². The van der Waals surface area contributed by atoms with Gasteiger partial charge in [-0.25, -0.2) is 0 Å². The smallest absolute Gasteiger partial charge is 0.321 e. The van der Waals surface area contributed by atoms with Crippen LogP contribution in [0.1, 0.15) is 39.5 Å². The van der Waals surface area contributed by atoms with E-state index in [0.29, 0.717) is 24.3 Å². The number of hydrogen-bond acceptors (Lipinski definition) is 4. The van der Waals surface area contributed by atoms with Crippen molar-refractivity contribution in [3.8, 4) is 11.5 Å². The quantitative estimate of drug-likeness (QED) is 0.481. The zero-order valence-electron chi connectivity index (χ0n) is 11.9. The number of hydrogen-bond donors (Lipinski definition) is 0. The first kappa shape index (κ1) is 14.6. The maximum absolute atomic E-state index is 12.1. The molecule has 1 aromatic rings. The maximum atomic E-state index is 12.1. The summed E-state index contributed by atoms with van der Waals surface area (Å²) in [6.45, 7) is 3.81. The minimum absolute atomic E-state index is 0.00818. The van der Waals surface area contributed by atoms with Gasteiger partial charge in [0, 0.05) is 6.42 Å². The maximum Gasteiger partial charge on any atom is 0.321 e. The van der Waals surface area contributed by atoms with Gasteiger partial charge in [0.2, 0.25) is 0 Å². The molecule has 1 unspecified atom stereocenters. The van der Waals surface area contributed by atoms with Gasteiger partial charge in [-0.3, -0.25) is 9.59 Å². The summed E-state index contributed by atoms with van der Waals surface area (Å²) in [5.74, 6) is -0.183. The second-order valence-corrected chi connectivity index (χ2v) is 5.30. The predicted molar refractivity (Wildman–Crippen MR) is 74.8 cm³/mol. The Balaban J connectivity index is 2.09. The van der Waals surface area contributed by atoms with E-state index in [1.807, 2.05) is 19.9 Å². The van der Waals surface area contributed by atoms with E-state index in [0.717, 1.165) is 12.8 Å². The second-order valence-electron chi connectivity index (χ2n) is 5.30. The Bertz CT molecular complexity index is 493. The Morgan fingerprint density at radius 2 is 1.90 bits per heavy atom. The molecule has 0 spiro atoms. The average Bonchev–Trinajstić information content (AvgIpc) is 2.41. The fraction of sp³-hybridized carbons (Fsp3) is 0.500. The zero-order chi connectivity index (χ0) is 14.5. The lowest BCUT2D eigenvalue weighted by atomic mass is 9.88. The molecule has 0 saturated heterocycles. The molecule has 0 amide bonds. The summed E-state index contributed by atoms with van der Waals surface area (Å²) in [6, 6.07) is 7.04. The molecular weight excluding hydrogens is 256 g/mol. The molecule has 4 nitrogen and oxygen atoms in total. The highest BCUT2D eigenvalue weighted by Crippen LogP contribution is 2.30. The van der Waals surface area contributed by atoms with Crippen molar-refractivity contribution in [2.24, 2.45) is 5.92 Å². The van der Waals surface area contributed by atoms with E-state index in [-0.39, 0.29) is 11.9 Å². The number of esters is 1. The third-order valence-corrected chi connectivity index (χ3v) is 3.26. The van der Waals surface area contributed by atoms with Crippen molar-refractivity contribution in [1.29, 1.82) is 0 Å². The minimum atomic E-state index is -0.615. The van der Waals surface area contributed by atoms with Crippen LogP contribution in [0.15, 0.2) is 24.3 Å². The van der Waals surface area contributed by atoms with Crippen molar-refractivity contribution >= 4 is 11.8 Å². The van der Waals surface area contributed by atoms with Gasteiger partial charge >= 0.3 is 5.97 Å². The molecule has 2 rings (SSSR count). The monoisotopic (exact) mass is 276 g/mol. The molecular formula is C16H20O4. The van der Waals surface area contributed by atoms with Crippen molar-refractivity contribution < 1.29 is 19.1 Å². The number of ether oxygens (including phenoxy) is 2. The van der Waals surface area contributed by atoms with Crippen LogP contribution in [0.4, 0.5) is 0 Å². The molecule has 0 aliphatic heterocycles. The molecule has 1 fully saturated rings. The van der Waals surface area contributed by atoms with E-state index in [2.05, 4.69) is 0 Å². The molecule has 1 aliphatic rings. The fourth-order valence-corrected chi connectivity index (χ4v) is 2.30. The summed E-state index contributed by atoms with van der Waals surface area (Å²) in [5, 5.41) is 0. The van der Waals surface area contributed by atoms with E-state index in [1.54, 1.807) is 18.2 Å². The number of rotatable bonds is 4. The highest BCUT2D eigenvalue weighted by molar-refractivity contribution is 6.00.